The fraction of sp³-hybridized carbons (Fsp3) is 0.364. The van der Waals surface area contributed by atoms with Crippen LogP contribution in [0.3, 0.4) is 0 Å². The highest BCUT2D eigenvalue weighted by atomic mass is 16.3. The predicted molar refractivity (Wildman–Crippen MR) is 107 cm³/mol. The molecule has 1 saturated heterocycles. The number of fused-ring (bicyclic) bond motifs is 1. The van der Waals surface area contributed by atoms with Gasteiger partial charge in [0, 0.05) is 43.1 Å². The number of piperidine rings is 1. The zero-order valence-electron chi connectivity index (χ0n) is 15.3. The first-order valence-corrected chi connectivity index (χ1v) is 9.60. The maximum absolute atomic E-state index is 11.3. The first-order chi connectivity index (χ1) is 13.2. The summed E-state index contributed by atoms with van der Waals surface area (Å²) in [5, 5.41) is 15.5. The number of rotatable bonds is 5. The van der Waals surface area contributed by atoms with Gasteiger partial charge in [-0.15, -0.1) is 0 Å². The zero-order valence-corrected chi connectivity index (χ0v) is 15.3. The molecular formula is C22H25N3O2. The molecule has 1 aliphatic heterocycles. The van der Waals surface area contributed by atoms with Gasteiger partial charge in [0.15, 0.2) is 0 Å². The van der Waals surface area contributed by atoms with E-state index in [1.54, 1.807) is 0 Å². The highest BCUT2D eigenvalue weighted by molar-refractivity contribution is 6.01. The molecule has 5 heteroatoms. The number of benzene rings is 1. The number of nitrogens with one attached hydrogen (secondary N) is 1. The van der Waals surface area contributed by atoms with E-state index in [2.05, 4.69) is 27.3 Å². The molecule has 5 nitrogen and oxygen atoms in total. The van der Waals surface area contributed by atoms with Crippen LogP contribution in [0.5, 0.6) is 0 Å². The Hall–Kier alpha value is -2.50. The molecule has 0 amide bonds. The van der Waals surface area contributed by atoms with E-state index in [9.17, 15) is 9.90 Å². The van der Waals surface area contributed by atoms with Crippen molar-refractivity contribution in [3.8, 4) is 0 Å². The molecule has 1 unspecified atom stereocenters. The van der Waals surface area contributed by atoms with E-state index in [1.165, 1.54) is 5.69 Å². The molecule has 0 spiro atoms. The molecule has 1 aliphatic carbocycles. The van der Waals surface area contributed by atoms with Crippen LogP contribution in [0.2, 0.25) is 0 Å². The lowest BCUT2D eigenvalue weighted by Gasteiger charge is -2.34. The summed E-state index contributed by atoms with van der Waals surface area (Å²) in [5.41, 5.74) is 2.76. The number of aliphatic hydroxyl groups excluding tert-OH is 1. The number of aldehydes is 1. The molecule has 1 fully saturated rings. The van der Waals surface area contributed by atoms with E-state index in [4.69, 9.17) is 0 Å². The Balaban J connectivity index is 1.40. The molecule has 1 atom stereocenters. The maximum Gasteiger partial charge on any atom is 0.149 e. The van der Waals surface area contributed by atoms with Crippen LogP contribution >= 0.6 is 0 Å². The number of nitrogens with zero attached hydrogens (tertiary/aromatic N) is 2. The Morgan fingerprint density at radius 2 is 2.07 bits per heavy atom. The predicted octanol–water partition coefficient (Wildman–Crippen LogP) is 0.735. The molecule has 2 aromatic rings. The Kier molecular flexibility index (Phi) is 5.32. The summed E-state index contributed by atoms with van der Waals surface area (Å²) in [6.45, 7) is 2.82. The van der Waals surface area contributed by atoms with Crippen molar-refractivity contribution in [1.29, 1.82) is 0 Å². The van der Waals surface area contributed by atoms with E-state index in [0.717, 1.165) is 54.9 Å². The second-order valence-corrected chi connectivity index (χ2v) is 7.26. The highest BCUT2D eigenvalue weighted by Crippen LogP contribution is 2.19. The van der Waals surface area contributed by atoms with Gasteiger partial charge >= 0.3 is 0 Å². The van der Waals surface area contributed by atoms with Crippen molar-refractivity contribution in [1.82, 2.24) is 10.3 Å². The third-order valence-electron chi connectivity index (χ3n) is 5.55. The lowest BCUT2D eigenvalue weighted by Crippen LogP contribution is -2.43. The minimum Gasteiger partial charge on any atom is -0.388 e. The van der Waals surface area contributed by atoms with E-state index < -0.39 is 6.10 Å². The Labute approximate surface area is 159 Å². The number of carbonyl (C=O) groups excluding carboxylic acids is 1. The topological polar surface area (TPSA) is 65.5 Å². The average Bonchev–Trinajstić information content (AvgIpc) is 2.73. The van der Waals surface area contributed by atoms with Gasteiger partial charge in [0.2, 0.25) is 0 Å². The van der Waals surface area contributed by atoms with Crippen LogP contribution in [0.1, 0.15) is 25.0 Å². The summed E-state index contributed by atoms with van der Waals surface area (Å²) in [6, 6.07) is 12.7. The Bertz CT molecular complexity index is 918. The van der Waals surface area contributed by atoms with Crippen LogP contribution in [0.15, 0.2) is 42.6 Å². The van der Waals surface area contributed by atoms with Gasteiger partial charge in [-0.05, 0) is 54.0 Å². The van der Waals surface area contributed by atoms with Crippen LogP contribution in [0.4, 0.5) is 5.69 Å². The van der Waals surface area contributed by atoms with Crippen LogP contribution in [0, 0.1) is 0 Å². The van der Waals surface area contributed by atoms with E-state index in [-0.39, 0.29) is 0 Å². The first-order valence-electron chi connectivity index (χ1n) is 9.60. The normalized spacial score (nSPS) is 20.1. The Morgan fingerprint density at radius 3 is 2.81 bits per heavy atom. The summed E-state index contributed by atoms with van der Waals surface area (Å²) in [4.78, 5) is 18.1. The minimum atomic E-state index is -0.679. The summed E-state index contributed by atoms with van der Waals surface area (Å²) < 4.78 is 0. The molecule has 2 aliphatic rings. The van der Waals surface area contributed by atoms with Crippen molar-refractivity contribution in [3.63, 3.8) is 0 Å². The quantitative estimate of drug-likeness (QED) is 0.767. The second-order valence-electron chi connectivity index (χ2n) is 7.26. The fourth-order valence-corrected chi connectivity index (χ4v) is 3.96. The lowest BCUT2D eigenvalue weighted by molar-refractivity contribution is -0.104. The van der Waals surface area contributed by atoms with Gasteiger partial charge < -0.3 is 15.3 Å². The average molecular weight is 363 g/mol. The number of hydrogen-bond acceptors (Lipinski definition) is 5. The molecular weight excluding hydrogens is 338 g/mol. The molecule has 0 saturated carbocycles. The summed E-state index contributed by atoms with van der Waals surface area (Å²) >= 11 is 0. The van der Waals surface area contributed by atoms with Crippen molar-refractivity contribution >= 4 is 23.6 Å². The van der Waals surface area contributed by atoms with Gasteiger partial charge in [-0.1, -0.05) is 18.2 Å². The molecule has 0 radical (unpaired) electrons. The van der Waals surface area contributed by atoms with E-state index >= 15 is 0 Å². The molecule has 4 rings (SSSR count). The van der Waals surface area contributed by atoms with Crippen molar-refractivity contribution < 1.29 is 9.90 Å². The van der Waals surface area contributed by atoms with Gasteiger partial charge in [0.05, 0.1) is 11.8 Å². The van der Waals surface area contributed by atoms with Crippen LogP contribution in [-0.4, -0.2) is 41.6 Å². The molecule has 1 aromatic heterocycles. The largest absolute Gasteiger partial charge is 0.388 e. The van der Waals surface area contributed by atoms with Crippen molar-refractivity contribution in [2.75, 3.05) is 18.0 Å². The Morgan fingerprint density at radius 1 is 1.22 bits per heavy atom. The SMILES string of the molecule is O=CC1=c2ccc(N3CCC(NCc4ccccn4)CC3)cc2=CCC1O. The van der Waals surface area contributed by atoms with Gasteiger partial charge in [-0.2, -0.15) is 0 Å². The minimum absolute atomic E-state index is 0.497. The molecule has 2 N–H and O–H groups in total. The second kappa shape index (κ2) is 8.03. The third kappa shape index (κ3) is 3.94. The number of anilines is 1. The highest BCUT2D eigenvalue weighted by Gasteiger charge is 2.20. The van der Waals surface area contributed by atoms with E-state index in [0.29, 0.717) is 18.0 Å². The van der Waals surface area contributed by atoms with Crippen LogP contribution in [0.25, 0.3) is 11.6 Å². The molecule has 140 valence electrons. The zero-order chi connectivity index (χ0) is 18.6. The van der Waals surface area contributed by atoms with Gasteiger partial charge in [0.25, 0.3) is 0 Å². The third-order valence-corrected chi connectivity index (χ3v) is 5.55. The van der Waals surface area contributed by atoms with Crippen LogP contribution in [-0.2, 0) is 11.3 Å². The van der Waals surface area contributed by atoms with Crippen molar-refractivity contribution in [2.24, 2.45) is 0 Å². The lowest BCUT2D eigenvalue weighted by atomic mass is 9.97. The monoisotopic (exact) mass is 363 g/mol. The number of hydrogen-bond donors (Lipinski definition) is 2. The van der Waals surface area contributed by atoms with Crippen molar-refractivity contribution in [3.05, 3.63) is 58.7 Å². The number of pyridine rings is 1. The summed E-state index contributed by atoms with van der Waals surface area (Å²) in [6.07, 6.45) is 6.66. The van der Waals surface area contributed by atoms with Gasteiger partial charge in [-0.25, -0.2) is 0 Å². The standard InChI is InChI=1S/C22H25N3O2/c26-15-21-20-6-5-19(13-16(20)4-7-22(21)27)25-11-8-17(9-12-25)24-14-18-3-1-2-10-23-18/h1-6,10,13,15,17,22,24,27H,7-9,11-12,14H2. The van der Waals surface area contributed by atoms with Crippen molar-refractivity contribution in [2.45, 2.75) is 38.0 Å². The molecule has 2 heterocycles. The number of carbonyl (C=O) groups is 1. The van der Waals surface area contributed by atoms with Gasteiger partial charge in [0.1, 0.15) is 6.29 Å². The smallest absolute Gasteiger partial charge is 0.149 e. The molecule has 0 bridgehead atoms. The van der Waals surface area contributed by atoms with E-state index in [1.807, 2.05) is 36.5 Å². The fourth-order valence-electron chi connectivity index (χ4n) is 3.96. The maximum atomic E-state index is 11.3. The molecule has 27 heavy (non-hydrogen) atoms. The van der Waals surface area contributed by atoms with Crippen LogP contribution < -0.4 is 20.7 Å². The van der Waals surface area contributed by atoms with Gasteiger partial charge in [-0.3, -0.25) is 9.78 Å². The number of aliphatic hydroxyl groups is 1. The number of aromatic nitrogens is 1. The first kappa shape index (κ1) is 17.9. The molecule has 1 aromatic carbocycles. The summed E-state index contributed by atoms with van der Waals surface area (Å²) in [5.74, 6) is 0. The summed E-state index contributed by atoms with van der Waals surface area (Å²) in [7, 11) is 0.